The number of tetrazole rings is 1. The third kappa shape index (κ3) is 11.8. The van der Waals surface area contributed by atoms with Crippen LogP contribution in [0.25, 0.3) is 22.5 Å². The summed E-state index contributed by atoms with van der Waals surface area (Å²) in [6.07, 6.45) is -0.175. The van der Waals surface area contributed by atoms with Crippen molar-refractivity contribution in [2.24, 2.45) is 0 Å². The number of carbonyl (C=O) groups is 2. The number of sulfone groups is 1. The minimum absolute atomic E-state index is 0.0377. The molecule has 0 radical (unpaired) electrons. The third-order valence-corrected chi connectivity index (χ3v) is 14.7. The quantitative estimate of drug-likeness (QED) is 0.0699. The van der Waals surface area contributed by atoms with E-state index in [1.54, 1.807) is 97.1 Å². The lowest BCUT2D eigenvalue weighted by atomic mass is 9.99. The number of anilines is 1. The molecule has 0 aliphatic rings. The molecule has 7 rings (SSSR count). The van der Waals surface area contributed by atoms with Gasteiger partial charge in [-0.2, -0.15) is 9.10 Å². The summed E-state index contributed by atoms with van der Waals surface area (Å²) in [6.45, 7) is -0.981. The summed E-state index contributed by atoms with van der Waals surface area (Å²) < 4.78 is 83.5. The topological polar surface area (TPSA) is 269 Å². The molecule has 364 valence electrons. The molecule has 0 fully saturated rings. The summed E-state index contributed by atoms with van der Waals surface area (Å²) in [5, 5.41) is 27.5. The minimum atomic E-state index is -5.04. The van der Waals surface area contributed by atoms with Crippen molar-refractivity contribution in [3.05, 3.63) is 149 Å². The summed E-state index contributed by atoms with van der Waals surface area (Å²) in [4.78, 5) is 29.5. The van der Waals surface area contributed by atoms with Gasteiger partial charge >= 0.3 is 6.09 Å². The van der Waals surface area contributed by atoms with E-state index in [-0.39, 0.29) is 60.1 Å². The largest absolute Gasteiger partial charge is 0.497 e. The molecule has 5 aromatic carbocycles. The molecule has 0 bridgehead atoms. The number of benzene rings is 5. The predicted molar refractivity (Wildman–Crippen MR) is 258 cm³/mol. The van der Waals surface area contributed by atoms with Gasteiger partial charge in [0.05, 0.1) is 56.8 Å². The van der Waals surface area contributed by atoms with Crippen LogP contribution in [0.5, 0.6) is 23.0 Å². The number of carboxylic acid groups (broad SMARTS) is 1. The van der Waals surface area contributed by atoms with Gasteiger partial charge in [0, 0.05) is 37.9 Å². The van der Waals surface area contributed by atoms with E-state index in [1.165, 1.54) is 51.6 Å². The normalized spacial score (nSPS) is 11.5. The average Bonchev–Trinajstić information content (AvgIpc) is 3.83. The predicted octanol–water partition coefficient (Wildman–Crippen LogP) is 5.43. The van der Waals surface area contributed by atoms with Crippen molar-refractivity contribution in [3.8, 4) is 45.5 Å². The number of ether oxygens (including phenoxy) is 4. The molecule has 0 atom stereocenters. The number of carbonyl (C=O) groups excluding carboxylic acids is 1. The van der Waals surface area contributed by atoms with Gasteiger partial charge in [0.2, 0.25) is 15.8 Å². The first-order valence-corrected chi connectivity index (χ1v) is 24.4. The maximum atomic E-state index is 16.0. The molecule has 0 saturated heterocycles. The fraction of sp³-hybridized carbons (Fsp3) is 0.208. The van der Waals surface area contributed by atoms with Gasteiger partial charge in [0.25, 0.3) is 5.91 Å². The second-order valence-electron chi connectivity index (χ2n) is 15.5. The van der Waals surface area contributed by atoms with Gasteiger partial charge in [-0.15, -0.1) is 10.2 Å². The van der Waals surface area contributed by atoms with Gasteiger partial charge in [0.1, 0.15) is 33.7 Å². The second kappa shape index (κ2) is 21.9. The molecule has 22 heteroatoms. The fourth-order valence-corrected chi connectivity index (χ4v) is 10.9. The van der Waals surface area contributed by atoms with Crippen LogP contribution in [-0.2, 0) is 46.0 Å². The first kappa shape index (κ1) is 49.8. The molecule has 0 saturated carbocycles. The number of nitrogens with zero attached hydrogens (tertiary/aromatic N) is 6. The zero-order valence-electron chi connectivity index (χ0n) is 38.4. The summed E-state index contributed by atoms with van der Waals surface area (Å²) in [5.41, 5.74) is 8.61. The molecule has 2 amide bonds. The van der Waals surface area contributed by atoms with Crippen LogP contribution in [0.2, 0.25) is 0 Å². The van der Waals surface area contributed by atoms with E-state index in [0.717, 1.165) is 21.5 Å². The molecule has 20 nitrogen and oxygen atoms in total. The first-order chi connectivity index (χ1) is 33.6. The molecule has 2 heterocycles. The number of amides is 2. The number of rotatable bonds is 21. The lowest BCUT2D eigenvalue weighted by Crippen LogP contribution is -2.33. The second-order valence-corrected chi connectivity index (χ2v) is 19.5. The minimum Gasteiger partial charge on any atom is -0.497 e. The Hall–Kier alpha value is -8.08. The van der Waals surface area contributed by atoms with Gasteiger partial charge in [-0.3, -0.25) is 4.79 Å². The van der Waals surface area contributed by atoms with Crippen LogP contribution in [0.3, 0.4) is 0 Å². The number of aromatic nitrogens is 5. The van der Waals surface area contributed by atoms with E-state index in [0.29, 0.717) is 34.1 Å². The van der Waals surface area contributed by atoms with E-state index in [4.69, 9.17) is 24.7 Å². The smallest absolute Gasteiger partial charge is 0.404 e. The Labute approximate surface area is 404 Å². The molecular weight excluding hydrogens is 943 g/mol. The molecule has 5 N–H and O–H groups in total. The number of methoxy groups -OCH3 is 4. The van der Waals surface area contributed by atoms with Gasteiger partial charge in [-0.1, -0.05) is 54.6 Å². The monoisotopic (exact) mass is 991 g/mol. The van der Waals surface area contributed by atoms with Crippen molar-refractivity contribution in [1.82, 2.24) is 40.1 Å². The Kier molecular flexibility index (Phi) is 15.6. The molecule has 2 aromatic heterocycles. The van der Waals surface area contributed by atoms with Crippen molar-refractivity contribution in [3.63, 3.8) is 0 Å². The van der Waals surface area contributed by atoms with Crippen LogP contribution in [0.1, 0.15) is 32.6 Å². The van der Waals surface area contributed by atoms with Crippen LogP contribution in [-0.4, -0.2) is 104 Å². The zero-order chi connectivity index (χ0) is 50.0. The van der Waals surface area contributed by atoms with Crippen LogP contribution in [0, 0.1) is 0 Å². The highest BCUT2D eigenvalue weighted by atomic mass is 32.2. The SMILES string of the molecule is COc1ccc(CNC(=O)c2cc(-c3ccc(S(=O)(=O)CCNC(=O)O)c(S(=O)(=O)N(Cc4ccc(OC)cc4)Cc4ccc(OC)cc4)c3-c3nnn(Cc4ccc(OC)cc4)n3)cnc2N)cc1. The van der Waals surface area contributed by atoms with Gasteiger partial charge in [0.15, 0.2) is 9.84 Å². The Balaban J connectivity index is 1.45. The number of nitrogen functional groups attached to an aromatic ring is 1. The lowest BCUT2D eigenvalue weighted by molar-refractivity contribution is 0.0951. The van der Waals surface area contributed by atoms with E-state index in [2.05, 4.69) is 25.7 Å². The molecule has 70 heavy (non-hydrogen) atoms. The third-order valence-electron chi connectivity index (χ3n) is 11.0. The maximum Gasteiger partial charge on any atom is 0.404 e. The number of hydrogen-bond acceptors (Lipinski definition) is 15. The maximum absolute atomic E-state index is 16.0. The van der Waals surface area contributed by atoms with Gasteiger partial charge < -0.3 is 40.4 Å². The number of hydrogen-bond donors (Lipinski definition) is 4. The summed E-state index contributed by atoms with van der Waals surface area (Å²) in [6, 6.07) is 31.3. The summed E-state index contributed by atoms with van der Waals surface area (Å²) in [5.74, 6) is 0.356. The molecule has 7 aromatic rings. The van der Waals surface area contributed by atoms with Crippen molar-refractivity contribution in [2.45, 2.75) is 36.0 Å². The van der Waals surface area contributed by atoms with E-state index < -0.39 is 53.9 Å². The van der Waals surface area contributed by atoms with Crippen LogP contribution in [0.4, 0.5) is 10.6 Å². The Morgan fingerprint density at radius 2 is 1.21 bits per heavy atom. The highest BCUT2D eigenvalue weighted by Gasteiger charge is 2.38. The Morgan fingerprint density at radius 1 is 0.700 bits per heavy atom. The van der Waals surface area contributed by atoms with Crippen LogP contribution in [0.15, 0.2) is 131 Å². The molecule has 0 aliphatic carbocycles. The average molecular weight is 992 g/mol. The molecule has 0 spiro atoms. The highest BCUT2D eigenvalue weighted by molar-refractivity contribution is 7.93. The molecular formula is C48H49N9O11S2. The highest BCUT2D eigenvalue weighted by Crippen LogP contribution is 2.42. The van der Waals surface area contributed by atoms with Crippen LogP contribution >= 0.6 is 0 Å². The summed E-state index contributed by atoms with van der Waals surface area (Å²) in [7, 11) is -3.66. The first-order valence-electron chi connectivity index (χ1n) is 21.3. The lowest BCUT2D eigenvalue weighted by Gasteiger charge is -2.26. The number of nitrogens with two attached hydrogens (primary N) is 1. The zero-order valence-corrected chi connectivity index (χ0v) is 40.0. The van der Waals surface area contributed by atoms with Crippen LogP contribution < -0.4 is 35.3 Å². The van der Waals surface area contributed by atoms with Gasteiger partial charge in [-0.25, -0.2) is 26.6 Å². The van der Waals surface area contributed by atoms with E-state index in [1.807, 2.05) is 5.32 Å². The van der Waals surface area contributed by atoms with Crippen molar-refractivity contribution in [1.29, 1.82) is 0 Å². The molecule has 0 unspecified atom stereocenters. The van der Waals surface area contributed by atoms with E-state index >= 15 is 8.42 Å². The Morgan fingerprint density at radius 3 is 1.73 bits per heavy atom. The van der Waals surface area contributed by atoms with E-state index in [9.17, 15) is 23.1 Å². The number of pyridine rings is 1. The molecule has 0 aliphatic heterocycles. The summed E-state index contributed by atoms with van der Waals surface area (Å²) >= 11 is 0. The van der Waals surface area contributed by atoms with Gasteiger partial charge in [-0.05, 0) is 93.7 Å². The number of nitrogens with one attached hydrogen (secondary N) is 2. The number of sulfonamides is 1. The van der Waals surface area contributed by atoms with Crippen molar-refractivity contribution in [2.75, 3.05) is 46.5 Å². The fourth-order valence-electron chi connectivity index (χ4n) is 7.28. The van der Waals surface area contributed by atoms with Crippen molar-refractivity contribution >= 4 is 37.7 Å². The van der Waals surface area contributed by atoms with Crippen molar-refractivity contribution < 1.29 is 50.5 Å². The standard InChI is InChI=1S/C48H49N9O11S2/c1-65-36-13-5-31(6-14-36)26-52-47(58)41-25-35(27-51-45(41)49)40-21-22-42(69(61,62)24-23-50-48(59)60)44(43(40)46-53-55-57(54-46)30-34-11-19-39(68-4)20-12-34)70(63,64)56(28-32-7-15-37(66-2)16-8-32)29-33-9-17-38(67-3)18-10-33/h5-22,25,27,50H,23-24,26,28-30H2,1-4H3,(H2,49,51)(H,52,58)(H,59,60). The Bertz CT molecular complexity index is 3140.